The minimum Gasteiger partial charge on any atom is -0.480 e. The third-order valence-electron chi connectivity index (χ3n) is 5.01. The predicted octanol–water partition coefficient (Wildman–Crippen LogP) is -4.78. The summed E-state index contributed by atoms with van der Waals surface area (Å²) in [5.41, 5.74) is 0. The van der Waals surface area contributed by atoms with Crippen LogP contribution in [0.4, 0.5) is 0 Å². The van der Waals surface area contributed by atoms with Gasteiger partial charge in [0.25, 0.3) is 0 Å². The standard InChI is InChI=1S/C18H32N4O10/c1-3-8(2)13(17(31)20-5-12(26)27)22-11(25)4-19-16(30)9(6-23)21-18-15(29)14(28)10(24)7-32-18/h8-10,13-15,18,21,23-24,28-29H,3-7H2,1-2H3,(H,19,30)(H,20,31)(H,22,25)(H,26,27)/t8?,9?,10-,13?,14+,15-,18?/m1/s1. The van der Waals surface area contributed by atoms with Crippen molar-refractivity contribution in [3.8, 4) is 0 Å². The van der Waals surface area contributed by atoms with E-state index in [9.17, 15) is 39.6 Å². The lowest BCUT2D eigenvalue weighted by atomic mass is 9.98. The zero-order valence-corrected chi connectivity index (χ0v) is 17.9. The molecule has 0 radical (unpaired) electrons. The SMILES string of the molecule is CCC(C)C(NC(=O)CNC(=O)C(CO)NC1OC[C@@H](O)[C@H](O)[C@H]1O)C(=O)NCC(=O)O. The molecule has 3 amide bonds. The van der Waals surface area contributed by atoms with Gasteiger partial charge in [-0.05, 0) is 5.92 Å². The monoisotopic (exact) mass is 464 g/mol. The molecular formula is C18H32N4O10. The molecule has 7 atom stereocenters. The van der Waals surface area contributed by atoms with Gasteiger partial charge in [-0.15, -0.1) is 0 Å². The summed E-state index contributed by atoms with van der Waals surface area (Å²) >= 11 is 0. The zero-order chi connectivity index (χ0) is 24.4. The fourth-order valence-corrected chi connectivity index (χ4v) is 2.85. The molecule has 1 saturated heterocycles. The molecule has 1 aliphatic rings. The summed E-state index contributed by atoms with van der Waals surface area (Å²) in [4.78, 5) is 47.3. The average Bonchev–Trinajstić information content (AvgIpc) is 2.76. The van der Waals surface area contributed by atoms with E-state index >= 15 is 0 Å². The predicted molar refractivity (Wildman–Crippen MR) is 107 cm³/mol. The Bertz CT molecular complexity index is 664. The maximum absolute atomic E-state index is 12.3. The molecule has 0 bridgehead atoms. The fourth-order valence-electron chi connectivity index (χ4n) is 2.85. The van der Waals surface area contributed by atoms with Gasteiger partial charge in [0.1, 0.15) is 43.2 Å². The Kier molecular flexibility index (Phi) is 11.5. The van der Waals surface area contributed by atoms with Crippen molar-refractivity contribution in [2.45, 2.75) is 56.9 Å². The highest BCUT2D eigenvalue weighted by molar-refractivity contribution is 5.92. The lowest BCUT2D eigenvalue weighted by Gasteiger charge is -2.37. The topological polar surface area (TPSA) is 227 Å². The summed E-state index contributed by atoms with van der Waals surface area (Å²) in [6, 6.07) is -2.33. The van der Waals surface area contributed by atoms with Crippen LogP contribution in [0.5, 0.6) is 0 Å². The quantitative estimate of drug-likeness (QED) is 0.133. The lowest BCUT2D eigenvalue weighted by Crippen LogP contribution is -2.62. The molecule has 0 spiro atoms. The number of ether oxygens (including phenoxy) is 1. The number of carbonyl (C=O) groups is 4. The van der Waals surface area contributed by atoms with Crippen LogP contribution >= 0.6 is 0 Å². The Morgan fingerprint density at radius 3 is 2.22 bits per heavy atom. The molecule has 1 aliphatic heterocycles. The highest BCUT2D eigenvalue weighted by atomic mass is 16.5. The van der Waals surface area contributed by atoms with Crippen molar-refractivity contribution in [2.24, 2.45) is 5.92 Å². The number of hydrogen-bond donors (Lipinski definition) is 9. The van der Waals surface area contributed by atoms with Gasteiger partial charge >= 0.3 is 5.97 Å². The maximum Gasteiger partial charge on any atom is 0.322 e. The number of carbonyl (C=O) groups excluding carboxylic acids is 3. The maximum atomic E-state index is 12.3. The summed E-state index contributed by atoms with van der Waals surface area (Å²) in [5.74, 6) is -3.79. The molecule has 0 aliphatic carbocycles. The van der Waals surface area contributed by atoms with Gasteiger partial charge in [0.05, 0.1) is 19.8 Å². The molecule has 1 fully saturated rings. The van der Waals surface area contributed by atoms with Gasteiger partial charge < -0.3 is 46.2 Å². The van der Waals surface area contributed by atoms with Crippen LogP contribution in [-0.4, -0.2) is 112 Å². The minimum atomic E-state index is -1.57. The van der Waals surface area contributed by atoms with E-state index in [1.54, 1.807) is 13.8 Å². The highest BCUT2D eigenvalue weighted by Gasteiger charge is 2.39. The fraction of sp³-hybridized carbons (Fsp3) is 0.778. The molecule has 14 heteroatoms. The molecule has 0 aromatic rings. The van der Waals surface area contributed by atoms with Gasteiger partial charge in [-0.1, -0.05) is 20.3 Å². The Hall–Kier alpha value is -2.36. The van der Waals surface area contributed by atoms with Crippen molar-refractivity contribution in [3.63, 3.8) is 0 Å². The summed E-state index contributed by atoms with van der Waals surface area (Å²) in [6.07, 6.45) is -5.13. The van der Waals surface area contributed by atoms with Crippen LogP contribution in [0.1, 0.15) is 20.3 Å². The third-order valence-corrected chi connectivity index (χ3v) is 5.01. The Labute approximate surface area is 184 Å². The number of hydrogen-bond acceptors (Lipinski definition) is 10. The van der Waals surface area contributed by atoms with Crippen LogP contribution in [0.2, 0.25) is 0 Å². The summed E-state index contributed by atoms with van der Waals surface area (Å²) < 4.78 is 5.11. The molecule has 4 unspecified atom stereocenters. The molecule has 32 heavy (non-hydrogen) atoms. The number of amides is 3. The molecule has 1 heterocycles. The first kappa shape index (κ1) is 27.7. The van der Waals surface area contributed by atoms with Crippen molar-refractivity contribution in [3.05, 3.63) is 0 Å². The Balaban J connectivity index is 2.61. The van der Waals surface area contributed by atoms with Gasteiger partial charge in [-0.25, -0.2) is 0 Å². The largest absolute Gasteiger partial charge is 0.480 e. The molecule has 184 valence electrons. The molecule has 0 aromatic heterocycles. The van der Waals surface area contributed by atoms with Crippen LogP contribution in [0.15, 0.2) is 0 Å². The average molecular weight is 464 g/mol. The van der Waals surface area contributed by atoms with Crippen molar-refractivity contribution in [1.29, 1.82) is 0 Å². The van der Waals surface area contributed by atoms with Crippen molar-refractivity contribution >= 4 is 23.7 Å². The first-order valence-corrected chi connectivity index (χ1v) is 10.1. The number of rotatable bonds is 12. The van der Waals surface area contributed by atoms with E-state index in [2.05, 4.69) is 21.3 Å². The molecule has 0 saturated carbocycles. The van der Waals surface area contributed by atoms with E-state index in [0.29, 0.717) is 6.42 Å². The van der Waals surface area contributed by atoms with Crippen LogP contribution in [0.3, 0.4) is 0 Å². The summed E-state index contributed by atoms with van der Waals surface area (Å²) in [7, 11) is 0. The van der Waals surface area contributed by atoms with Crippen LogP contribution in [0.25, 0.3) is 0 Å². The van der Waals surface area contributed by atoms with Crippen molar-refractivity contribution in [2.75, 3.05) is 26.3 Å². The second-order valence-corrected chi connectivity index (χ2v) is 7.46. The van der Waals surface area contributed by atoms with Crippen LogP contribution in [-0.2, 0) is 23.9 Å². The summed E-state index contributed by atoms with van der Waals surface area (Å²) in [6.45, 7) is 1.28. The number of carboxylic acids is 1. The van der Waals surface area contributed by atoms with Crippen molar-refractivity contribution in [1.82, 2.24) is 21.3 Å². The molecular weight excluding hydrogens is 432 g/mol. The van der Waals surface area contributed by atoms with E-state index in [0.717, 1.165) is 0 Å². The number of aliphatic hydroxyl groups excluding tert-OH is 4. The molecule has 14 nitrogen and oxygen atoms in total. The van der Waals surface area contributed by atoms with Crippen molar-refractivity contribution < 1.29 is 49.4 Å². The van der Waals surface area contributed by atoms with Gasteiger partial charge in [-0.3, -0.25) is 24.5 Å². The number of aliphatic carboxylic acids is 1. The van der Waals surface area contributed by atoms with Gasteiger partial charge in [0.15, 0.2) is 0 Å². The number of carboxylic acid groups (broad SMARTS) is 1. The lowest BCUT2D eigenvalue weighted by molar-refractivity contribution is -0.198. The zero-order valence-electron chi connectivity index (χ0n) is 17.9. The first-order valence-electron chi connectivity index (χ1n) is 10.1. The Morgan fingerprint density at radius 1 is 1.03 bits per heavy atom. The van der Waals surface area contributed by atoms with E-state index in [1.165, 1.54) is 0 Å². The molecule has 1 rings (SSSR count). The molecule has 9 N–H and O–H groups in total. The molecule has 0 aromatic carbocycles. The second kappa shape index (κ2) is 13.2. The second-order valence-electron chi connectivity index (χ2n) is 7.46. The van der Waals surface area contributed by atoms with E-state index in [1.807, 2.05) is 0 Å². The van der Waals surface area contributed by atoms with Gasteiger partial charge in [0, 0.05) is 0 Å². The van der Waals surface area contributed by atoms with E-state index in [-0.39, 0.29) is 12.5 Å². The summed E-state index contributed by atoms with van der Waals surface area (Å²) in [5, 5.41) is 56.5. The van der Waals surface area contributed by atoms with Gasteiger partial charge in [-0.2, -0.15) is 0 Å². The first-order chi connectivity index (χ1) is 15.0. The normalized spacial score (nSPS) is 25.8. The van der Waals surface area contributed by atoms with Crippen LogP contribution in [0, 0.1) is 5.92 Å². The Morgan fingerprint density at radius 2 is 1.66 bits per heavy atom. The van der Waals surface area contributed by atoms with E-state index in [4.69, 9.17) is 9.84 Å². The van der Waals surface area contributed by atoms with E-state index < -0.39 is 80.0 Å². The smallest absolute Gasteiger partial charge is 0.322 e. The number of aliphatic hydroxyl groups is 4. The van der Waals surface area contributed by atoms with Gasteiger partial charge in [0.2, 0.25) is 17.7 Å². The highest BCUT2D eigenvalue weighted by Crippen LogP contribution is 2.14. The third kappa shape index (κ3) is 8.29. The van der Waals surface area contributed by atoms with Crippen LogP contribution < -0.4 is 21.3 Å². The minimum absolute atomic E-state index is 0.307. The number of nitrogens with one attached hydrogen (secondary N) is 4.